The van der Waals surface area contributed by atoms with Crippen molar-refractivity contribution in [3.05, 3.63) is 62.9 Å². The molecule has 2 aromatic heterocycles. The van der Waals surface area contributed by atoms with Crippen LogP contribution in [0.2, 0.25) is 15.1 Å². The van der Waals surface area contributed by atoms with Gasteiger partial charge in [0, 0.05) is 35.3 Å². The van der Waals surface area contributed by atoms with Crippen LogP contribution in [-0.2, 0) is 0 Å². The molecule has 0 atom stereocenters. The number of nitrogens with zero attached hydrogens (tertiary/aromatic N) is 3. The number of nitrogens with one attached hydrogen (secondary N) is 2. The molecule has 0 aliphatic carbocycles. The normalized spacial score (nSPS) is 13.3. The van der Waals surface area contributed by atoms with Crippen LogP contribution in [0.1, 0.15) is 34.2 Å². The Morgan fingerprint density at radius 2 is 1.97 bits per heavy atom. The standard InChI is InChI=1S/C22H20Cl3N5O3S/c1-2-5-27-21(31)14-7-12(23)8-16(25)19(14)28-22(32)17-9-18(33-13-10-34-11-13)29-30(17)20-15(24)4-3-6-26-20/h3-4,6-9,13H,2,5,10-11H2,1H3,(H,27,31)(H,28,32). The molecule has 1 aliphatic heterocycles. The van der Waals surface area contributed by atoms with Gasteiger partial charge in [0.15, 0.2) is 5.82 Å². The molecule has 0 radical (unpaired) electrons. The molecule has 0 saturated carbocycles. The molecule has 8 nitrogen and oxygen atoms in total. The van der Waals surface area contributed by atoms with Crippen molar-refractivity contribution in [3.8, 4) is 11.7 Å². The zero-order valence-corrected chi connectivity index (χ0v) is 21.1. The Hall–Kier alpha value is -2.46. The van der Waals surface area contributed by atoms with E-state index < -0.39 is 11.8 Å². The largest absolute Gasteiger partial charge is 0.472 e. The molecule has 1 fully saturated rings. The van der Waals surface area contributed by atoms with E-state index in [9.17, 15) is 9.59 Å². The monoisotopic (exact) mass is 539 g/mol. The van der Waals surface area contributed by atoms with Crippen molar-refractivity contribution in [1.82, 2.24) is 20.1 Å². The number of anilines is 1. The van der Waals surface area contributed by atoms with Crippen LogP contribution in [-0.4, -0.2) is 50.7 Å². The molecule has 0 unspecified atom stereocenters. The average molecular weight is 541 g/mol. The van der Waals surface area contributed by atoms with Gasteiger partial charge in [-0.3, -0.25) is 9.59 Å². The summed E-state index contributed by atoms with van der Waals surface area (Å²) in [5.41, 5.74) is 0.375. The molecule has 2 amide bonds. The zero-order valence-electron chi connectivity index (χ0n) is 18.0. The highest BCUT2D eigenvalue weighted by atomic mass is 35.5. The molecule has 34 heavy (non-hydrogen) atoms. The number of rotatable bonds is 8. The van der Waals surface area contributed by atoms with Gasteiger partial charge in [-0.05, 0) is 30.7 Å². The number of amides is 2. The fourth-order valence-electron chi connectivity index (χ4n) is 3.12. The lowest BCUT2D eigenvalue weighted by Crippen LogP contribution is -2.31. The van der Waals surface area contributed by atoms with Crippen molar-refractivity contribution in [3.63, 3.8) is 0 Å². The van der Waals surface area contributed by atoms with Gasteiger partial charge < -0.3 is 15.4 Å². The van der Waals surface area contributed by atoms with Gasteiger partial charge >= 0.3 is 0 Å². The number of aromatic nitrogens is 3. The molecule has 0 spiro atoms. The number of carbonyl (C=O) groups excluding carboxylic acids is 2. The third-order valence-electron chi connectivity index (χ3n) is 4.83. The molecule has 3 heterocycles. The Morgan fingerprint density at radius 3 is 2.65 bits per heavy atom. The molecule has 1 aromatic carbocycles. The number of halogens is 3. The summed E-state index contributed by atoms with van der Waals surface area (Å²) in [7, 11) is 0. The Kier molecular flexibility index (Phi) is 7.88. The first-order valence-electron chi connectivity index (χ1n) is 10.4. The number of hydrogen-bond donors (Lipinski definition) is 2. The van der Waals surface area contributed by atoms with Gasteiger partial charge in [-0.2, -0.15) is 11.8 Å². The zero-order chi connectivity index (χ0) is 24.2. The number of pyridine rings is 1. The van der Waals surface area contributed by atoms with E-state index in [1.165, 1.54) is 22.9 Å². The summed E-state index contributed by atoms with van der Waals surface area (Å²) in [6.45, 7) is 2.39. The van der Waals surface area contributed by atoms with Crippen molar-refractivity contribution in [2.45, 2.75) is 19.4 Å². The first-order valence-corrected chi connectivity index (χ1v) is 12.7. The summed E-state index contributed by atoms with van der Waals surface area (Å²) in [6, 6.07) is 7.72. The minimum Gasteiger partial charge on any atom is -0.472 e. The van der Waals surface area contributed by atoms with Gasteiger partial charge in [0.25, 0.3) is 11.8 Å². The summed E-state index contributed by atoms with van der Waals surface area (Å²) in [4.78, 5) is 30.4. The molecule has 1 aliphatic rings. The predicted octanol–water partition coefficient (Wildman–Crippen LogP) is 5.11. The molecular formula is C22H20Cl3N5O3S. The Bertz CT molecular complexity index is 1230. The maximum atomic E-state index is 13.4. The summed E-state index contributed by atoms with van der Waals surface area (Å²) >= 11 is 20.6. The van der Waals surface area contributed by atoms with Crippen molar-refractivity contribution in [2.75, 3.05) is 23.4 Å². The number of hydrogen-bond acceptors (Lipinski definition) is 6. The van der Waals surface area contributed by atoms with Crippen LogP contribution in [0, 0.1) is 0 Å². The molecule has 0 bridgehead atoms. The molecule has 3 aromatic rings. The minimum atomic E-state index is -0.583. The van der Waals surface area contributed by atoms with Gasteiger partial charge in [-0.1, -0.05) is 41.7 Å². The van der Waals surface area contributed by atoms with Crippen LogP contribution >= 0.6 is 46.6 Å². The maximum absolute atomic E-state index is 13.4. The van der Waals surface area contributed by atoms with E-state index in [1.54, 1.807) is 30.1 Å². The predicted molar refractivity (Wildman–Crippen MR) is 135 cm³/mol. The smallest absolute Gasteiger partial charge is 0.274 e. The highest BCUT2D eigenvalue weighted by molar-refractivity contribution is 8.00. The number of carbonyl (C=O) groups is 2. The van der Waals surface area contributed by atoms with Crippen LogP contribution < -0.4 is 15.4 Å². The van der Waals surface area contributed by atoms with Crippen molar-refractivity contribution in [2.24, 2.45) is 0 Å². The molecular weight excluding hydrogens is 521 g/mol. The van der Waals surface area contributed by atoms with E-state index in [0.29, 0.717) is 11.6 Å². The third-order valence-corrected chi connectivity index (χ3v) is 6.85. The fraction of sp³-hybridized carbons (Fsp3) is 0.273. The minimum absolute atomic E-state index is 0.0167. The van der Waals surface area contributed by atoms with E-state index >= 15 is 0 Å². The van der Waals surface area contributed by atoms with Crippen molar-refractivity contribution < 1.29 is 14.3 Å². The number of benzene rings is 1. The summed E-state index contributed by atoms with van der Waals surface area (Å²) in [5.74, 6) is 1.22. The van der Waals surface area contributed by atoms with Crippen LogP contribution in [0.5, 0.6) is 5.88 Å². The van der Waals surface area contributed by atoms with Gasteiger partial charge in [0.2, 0.25) is 5.88 Å². The van der Waals surface area contributed by atoms with Crippen molar-refractivity contribution >= 4 is 64.1 Å². The summed E-state index contributed by atoms with van der Waals surface area (Å²) in [5, 5.41) is 10.6. The Morgan fingerprint density at radius 1 is 1.18 bits per heavy atom. The quantitative estimate of drug-likeness (QED) is 0.412. The number of ether oxygens (including phenoxy) is 1. The fourth-order valence-corrected chi connectivity index (χ4v) is 4.42. The van der Waals surface area contributed by atoms with E-state index in [-0.39, 0.29) is 44.8 Å². The lowest BCUT2D eigenvalue weighted by atomic mass is 10.1. The van der Waals surface area contributed by atoms with E-state index in [2.05, 4.69) is 20.7 Å². The lowest BCUT2D eigenvalue weighted by molar-refractivity contribution is 0.0954. The Labute approximate surface area is 215 Å². The van der Waals surface area contributed by atoms with Gasteiger partial charge in [0.05, 0.1) is 21.3 Å². The molecule has 4 rings (SSSR count). The molecule has 178 valence electrons. The van der Waals surface area contributed by atoms with E-state index in [0.717, 1.165) is 17.9 Å². The maximum Gasteiger partial charge on any atom is 0.274 e. The van der Waals surface area contributed by atoms with E-state index in [1.807, 2.05) is 6.92 Å². The van der Waals surface area contributed by atoms with Crippen molar-refractivity contribution in [1.29, 1.82) is 0 Å². The SMILES string of the molecule is CCCNC(=O)c1cc(Cl)cc(Cl)c1NC(=O)c1cc(OC2CSC2)nn1-c1ncccc1Cl. The highest BCUT2D eigenvalue weighted by Crippen LogP contribution is 2.32. The Balaban J connectivity index is 1.71. The molecule has 2 N–H and O–H groups in total. The summed E-state index contributed by atoms with van der Waals surface area (Å²) < 4.78 is 7.17. The molecule has 12 heteroatoms. The van der Waals surface area contributed by atoms with Crippen LogP contribution in [0.4, 0.5) is 5.69 Å². The van der Waals surface area contributed by atoms with E-state index in [4.69, 9.17) is 39.5 Å². The van der Waals surface area contributed by atoms with Crippen LogP contribution in [0.15, 0.2) is 36.5 Å². The molecule has 1 saturated heterocycles. The first kappa shape index (κ1) is 24.7. The second kappa shape index (κ2) is 10.9. The van der Waals surface area contributed by atoms with Gasteiger partial charge in [-0.25, -0.2) is 9.67 Å². The van der Waals surface area contributed by atoms with Crippen LogP contribution in [0.3, 0.4) is 0 Å². The van der Waals surface area contributed by atoms with Gasteiger partial charge in [-0.15, -0.1) is 5.10 Å². The second-order valence-corrected chi connectivity index (χ2v) is 9.71. The second-order valence-electron chi connectivity index (χ2n) is 7.39. The number of thioether (sulfide) groups is 1. The summed E-state index contributed by atoms with van der Waals surface area (Å²) in [6.07, 6.45) is 2.30. The lowest BCUT2D eigenvalue weighted by Gasteiger charge is -2.24. The topological polar surface area (TPSA) is 98.1 Å². The van der Waals surface area contributed by atoms with Crippen LogP contribution in [0.25, 0.3) is 5.82 Å². The third kappa shape index (κ3) is 5.43. The first-order chi connectivity index (χ1) is 16.4. The van der Waals surface area contributed by atoms with Gasteiger partial charge in [0.1, 0.15) is 11.8 Å². The average Bonchev–Trinajstić information content (AvgIpc) is 3.20. The highest BCUT2D eigenvalue weighted by Gasteiger charge is 2.26.